The third-order valence-corrected chi connectivity index (χ3v) is 4.89. The highest BCUT2D eigenvalue weighted by Crippen LogP contribution is 2.20. The van der Waals surface area contributed by atoms with Crippen molar-refractivity contribution in [2.75, 3.05) is 11.1 Å². The number of carbonyl (C=O) groups is 1. The quantitative estimate of drug-likeness (QED) is 0.700. The van der Waals surface area contributed by atoms with Gasteiger partial charge in [-0.3, -0.25) is 10.1 Å². The second-order valence-electron chi connectivity index (χ2n) is 5.34. The molecule has 0 fully saturated rings. The van der Waals surface area contributed by atoms with Crippen LogP contribution in [0.4, 0.5) is 5.95 Å². The summed E-state index contributed by atoms with van der Waals surface area (Å²) in [7, 11) is 0. The number of hydrogen-bond donors (Lipinski definition) is 1. The summed E-state index contributed by atoms with van der Waals surface area (Å²) in [6, 6.07) is 15.6. The number of para-hydroxylation sites is 2. The van der Waals surface area contributed by atoms with Crippen molar-refractivity contribution in [2.45, 2.75) is 19.2 Å². The van der Waals surface area contributed by atoms with Crippen molar-refractivity contribution in [2.24, 2.45) is 0 Å². The van der Waals surface area contributed by atoms with Crippen molar-refractivity contribution in [3.63, 3.8) is 0 Å². The lowest BCUT2D eigenvalue weighted by molar-refractivity contribution is -0.113. The van der Waals surface area contributed by atoms with E-state index in [1.165, 1.54) is 0 Å². The Balaban J connectivity index is 1.59. The van der Waals surface area contributed by atoms with Crippen LogP contribution in [0.2, 0.25) is 5.02 Å². The minimum Gasteiger partial charge on any atom is -0.310 e. The zero-order valence-electron chi connectivity index (χ0n) is 13.3. The average Bonchev–Trinajstić information content (AvgIpc) is 2.93. The fourth-order valence-corrected chi connectivity index (χ4v) is 3.41. The number of imidazole rings is 1. The Labute approximate surface area is 150 Å². The van der Waals surface area contributed by atoms with Crippen LogP contribution in [0.1, 0.15) is 12.5 Å². The molecule has 3 rings (SSSR count). The van der Waals surface area contributed by atoms with Gasteiger partial charge in [0, 0.05) is 17.3 Å². The van der Waals surface area contributed by atoms with Crippen molar-refractivity contribution in [3.05, 3.63) is 59.1 Å². The summed E-state index contributed by atoms with van der Waals surface area (Å²) in [4.78, 5) is 16.7. The summed E-state index contributed by atoms with van der Waals surface area (Å²) < 4.78 is 2.01. The number of fused-ring (bicyclic) bond motifs is 1. The van der Waals surface area contributed by atoms with Crippen LogP contribution in [0.5, 0.6) is 0 Å². The molecule has 124 valence electrons. The number of benzene rings is 2. The van der Waals surface area contributed by atoms with E-state index in [2.05, 4.69) is 10.3 Å². The number of carbonyl (C=O) groups excluding carboxylic acids is 1. The van der Waals surface area contributed by atoms with Crippen molar-refractivity contribution in [1.29, 1.82) is 0 Å². The number of nitrogens with zero attached hydrogens (tertiary/aromatic N) is 2. The molecule has 24 heavy (non-hydrogen) atoms. The SMILES string of the molecule is CCn1c(NC(=O)CSCc2ccc(Cl)cc2)nc2ccccc21. The molecular weight excluding hydrogens is 342 g/mol. The molecule has 2 aromatic carbocycles. The van der Waals surface area contributed by atoms with Crippen molar-refractivity contribution >= 4 is 46.3 Å². The van der Waals surface area contributed by atoms with Crippen LogP contribution in [-0.4, -0.2) is 21.2 Å². The standard InChI is InChI=1S/C18H18ClN3OS/c1-2-22-16-6-4-3-5-15(16)20-18(22)21-17(23)12-24-11-13-7-9-14(19)10-8-13/h3-10H,2,11-12H2,1H3,(H,20,21,23). The molecule has 0 radical (unpaired) electrons. The molecule has 1 N–H and O–H groups in total. The van der Waals surface area contributed by atoms with Gasteiger partial charge in [-0.15, -0.1) is 11.8 Å². The second kappa shape index (κ2) is 7.73. The number of amides is 1. The molecule has 0 spiro atoms. The van der Waals surface area contributed by atoms with Crippen LogP contribution in [-0.2, 0) is 17.1 Å². The lowest BCUT2D eigenvalue weighted by atomic mass is 10.2. The fraction of sp³-hybridized carbons (Fsp3) is 0.222. The van der Waals surface area contributed by atoms with E-state index in [4.69, 9.17) is 11.6 Å². The highest BCUT2D eigenvalue weighted by Gasteiger charge is 2.11. The number of thioether (sulfide) groups is 1. The molecule has 0 aliphatic rings. The normalized spacial score (nSPS) is 10.9. The summed E-state index contributed by atoms with van der Waals surface area (Å²) in [6.07, 6.45) is 0. The van der Waals surface area contributed by atoms with Gasteiger partial charge < -0.3 is 4.57 Å². The van der Waals surface area contributed by atoms with Crippen LogP contribution in [0.25, 0.3) is 11.0 Å². The molecular formula is C18H18ClN3OS. The molecule has 6 heteroatoms. The Morgan fingerprint density at radius 2 is 1.96 bits per heavy atom. The number of nitrogens with one attached hydrogen (secondary N) is 1. The van der Waals surface area contributed by atoms with Gasteiger partial charge in [-0.25, -0.2) is 4.98 Å². The van der Waals surface area contributed by atoms with Gasteiger partial charge >= 0.3 is 0 Å². The topological polar surface area (TPSA) is 46.9 Å². The van der Waals surface area contributed by atoms with Crippen molar-refractivity contribution < 1.29 is 4.79 Å². The molecule has 0 unspecified atom stereocenters. The lowest BCUT2D eigenvalue weighted by Crippen LogP contribution is -2.17. The van der Waals surface area contributed by atoms with E-state index in [0.717, 1.165) is 33.9 Å². The van der Waals surface area contributed by atoms with Gasteiger partial charge in [-0.05, 0) is 36.8 Å². The summed E-state index contributed by atoms with van der Waals surface area (Å²) in [5.41, 5.74) is 3.07. The number of hydrogen-bond acceptors (Lipinski definition) is 3. The van der Waals surface area contributed by atoms with E-state index >= 15 is 0 Å². The monoisotopic (exact) mass is 359 g/mol. The number of aromatic nitrogens is 2. The summed E-state index contributed by atoms with van der Waals surface area (Å²) >= 11 is 7.44. The molecule has 1 heterocycles. The molecule has 1 aromatic heterocycles. The maximum absolute atomic E-state index is 12.2. The molecule has 0 bridgehead atoms. The van der Waals surface area contributed by atoms with E-state index in [0.29, 0.717) is 11.7 Å². The van der Waals surface area contributed by atoms with E-state index in [1.54, 1.807) is 11.8 Å². The van der Waals surface area contributed by atoms with Gasteiger partial charge in [-0.2, -0.15) is 0 Å². The largest absolute Gasteiger partial charge is 0.310 e. The Morgan fingerprint density at radius 3 is 2.71 bits per heavy atom. The number of halogens is 1. The first kappa shape index (κ1) is 16.9. The Bertz CT molecular complexity index is 845. The van der Waals surface area contributed by atoms with E-state index < -0.39 is 0 Å². The Morgan fingerprint density at radius 1 is 1.21 bits per heavy atom. The first-order valence-electron chi connectivity index (χ1n) is 7.74. The predicted octanol–water partition coefficient (Wildman–Crippen LogP) is 4.58. The molecule has 0 saturated carbocycles. The molecule has 0 atom stereocenters. The summed E-state index contributed by atoms with van der Waals surface area (Å²) in [5.74, 6) is 1.72. The molecule has 3 aromatic rings. The zero-order chi connectivity index (χ0) is 16.9. The highest BCUT2D eigenvalue weighted by atomic mass is 35.5. The number of anilines is 1. The van der Waals surface area contributed by atoms with E-state index in [1.807, 2.05) is 60.0 Å². The summed E-state index contributed by atoms with van der Waals surface area (Å²) in [5, 5.41) is 3.64. The lowest BCUT2D eigenvalue weighted by Gasteiger charge is -2.07. The molecule has 0 aliphatic carbocycles. The minimum atomic E-state index is -0.0426. The van der Waals surface area contributed by atoms with Gasteiger partial charge in [0.2, 0.25) is 11.9 Å². The molecule has 4 nitrogen and oxygen atoms in total. The van der Waals surface area contributed by atoms with E-state index in [-0.39, 0.29) is 5.91 Å². The van der Waals surface area contributed by atoms with Gasteiger partial charge in [0.1, 0.15) is 0 Å². The first-order chi connectivity index (χ1) is 11.7. The minimum absolute atomic E-state index is 0.0426. The van der Waals surface area contributed by atoms with Crippen molar-refractivity contribution in [3.8, 4) is 0 Å². The van der Waals surface area contributed by atoms with E-state index in [9.17, 15) is 4.79 Å². The second-order valence-corrected chi connectivity index (χ2v) is 6.76. The van der Waals surface area contributed by atoms with Gasteiger partial charge in [0.15, 0.2) is 0 Å². The molecule has 0 aliphatic heterocycles. The smallest absolute Gasteiger partial charge is 0.236 e. The van der Waals surface area contributed by atoms with Gasteiger partial charge in [0.05, 0.1) is 16.8 Å². The third kappa shape index (κ3) is 3.91. The van der Waals surface area contributed by atoms with Crippen LogP contribution < -0.4 is 5.32 Å². The Kier molecular flexibility index (Phi) is 5.43. The maximum atomic E-state index is 12.2. The van der Waals surface area contributed by atoms with Gasteiger partial charge in [-0.1, -0.05) is 35.9 Å². The number of rotatable bonds is 6. The van der Waals surface area contributed by atoms with Gasteiger partial charge in [0.25, 0.3) is 0 Å². The summed E-state index contributed by atoms with van der Waals surface area (Å²) in [6.45, 7) is 2.80. The average molecular weight is 360 g/mol. The Hall–Kier alpha value is -1.98. The fourth-order valence-electron chi connectivity index (χ4n) is 2.49. The first-order valence-corrected chi connectivity index (χ1v) is 9.28. The van der Waals surface area contributed by atoms with Crippen LogP contribution in [0.15, 0.2) is 48.5 Å². The highest BCUT2D eigenvalue weighted by molar-refractivity contribution is 7.99. The zero-order valence-corrected chi connectivity index (χ0v) is 14.9. The molecule has 0 saturated heterocycles. The third-order valence-electron chi connectivity index (χ3n) is 3.64. The van der Waals surface area contributed by atoms with Crippen molar-refractivity contribution in [1.82, 2.24) is 9.55 Å². The number of aryl methyl sites for hydroxylation is 1. The van der Waals surface area contributed by atoms with Crippen LogP contribution >= 0.6 is 23.4 Å². The molecule has 1 amide bonds. The predicted molar refractivity (Wildman–Crippen MR) is 102 cm³/mol. The maximum Gasteiger partial charge on any atom is 0.236 e. The van der Waals surface area contributed by atoms with Crippen LogP contribution in [0, 0.1) is 0 Å². The van der Waals surface area contributed by atoms with Crippen LogP contribution in [0.3, 0.4) is 0 Å².